The molecule has 0 spiro atoms. The number of ether oxygens (including phenoxy) is 1. The summed E-state index contributed by atoms with van der Waals surface area (Å²) in [5.41, 5.74) is 0. The summed E-state index contributed by atoms with van der Waals surface area (Å²) in [6.45, 7) is 5.44. The number of rotatable bonds is 7. The molecule has 18 heavy (non-hydrogen) atoms. The maximum atomic E-state index is 11.9. The molecule has 7 heteroatoms. The van der Waals surface area contributed by atoms with Crippen molar-refractivity contribution in [2.45, 2.75) is 19.9 Å². The molecule has 106 valence electrons. The first-order valence-electron chi connectivity index (χ1n) is 6.29. The molecule has 0 aliphatic carbocycles. The van der Waals surface area contributed by atoms with E-state index in [1.165, 1.54) is 0 Å². The zero-order valence-electron chi connectivity index (χ0n) is 10.9. The van der Waals surface area contributed by atoms with Gasteiger partial charge in [0.15, 0.2) is 9.84 Å². The highest BCUT2D eigenvalue weighted by Gasteiger charge is 2.33. The Morgan fingerprint density at radius 2 is 2.06 bits per heavy atom. The third-order valence-corrected chi connectivity index (χ3v) is 4.74. The Morgan fingerprint density at radius 1 is 1.33 bits per heavy atom. The Kier molecular flexibility index (Phi) is 6.04. The van der Waals surface area contributed by atoms with E-state index < -0.39 is 9.84 Å². The van der Waals surface area contributed by atoms with E-state index in [1.54, 1.807) is 6.92 Å². The number of sulfone groups is 1. The number of likely N-dealkylation sites (N-methyl/N-ethyl adjacent to an activating group) is 1. The third-order valence-electron chi connectivity index (χ3n) is 3.04. The summed E-state index contributed by atoms with van der Waals surface area (Å²) >= 11 is 0. The SMILES string of the molecule is CCNC1COCC1C(=O)NCCS(=O)(=O)CC. The number of hydrogen-bond acceptors (Lipinski definition) is 5. The molecule has 2 unspecified atom stereocenters. The first kappa shape index (κ1) is 15.4. The second kappa shape index (κ2) is 7.06. The van der Waals surface area contributed by atoms with Gasteiger partial charge in [0.05, 0.1) is 24.9 Å². The van der Waals surface area contributed by atoms with Crippen molar-refractivity contribution in [3.05, 3.63) is 0 Å². The molecule has 1 aliphatic heterocycles. The topological polar surface area (TPSA) is 84.5 Å². The molecule has 0 saturated carbocycles. The molecule has 0 aromatic carbocycles. The fraction of sp³-hybridized carbons (Fsp3) is 0.909. The second-order valence-electron chi connectivity index (χ2n) is 4.34. The Hall–Kier alpha value is -0.660. The molecule has 1 fully saturated rings. The van der Waals surface area contributed by atoms with Crippen LogP contribution in [0.15, 0.2) is 0 Å². The van der Waals surface area contributed by atoms with Gasteiger partial charge in [-0.05, 0) is 6.54 Å². The van der Waals surface area contributed by atoms with Crippen molar-refractivity contribution in [1.82, 2.24) is 10.6 Å². The van der Waals surface area contributed by atoms with Crippen molar-refractivity contribution < 1.29 is 17.9 Å². The van der Waals surface area contributed by atoms with Gasteiger partial charge in [-0.2, -0.15) is 0 Å². The normalized spacial score (nSPS) is 24.1. The minimum Gasteiger partial charge on any atom is -0.379 e. The molecular weight excluding hydrogens is 256 g/mol. The Bertz CT molecular complexity index is 369. The first-order chi connectivity index (χ1) is 8.50. The van der Waals surface area contributed by atoms with Crippen molar-refractivity contribution >= 4 is 15.7 Å². The van der Waals surface area contributed by atoms with Gasteiger partial charge in [-0.3, -0.25) is 4.79 Å². The van der Waals surface area contributed by atoms with Crippen molar-refractivity contribution in [2.24, 2.45) is 5.92 Å². The lowest BCUT2D eigenvalue weighted by molar-refractivity contribution is -0.125. The minimum atomic E-state index is -3.02. The van der Waals surface area contributed by atoms with Gasteiger partial charge < -0.3 is 15.4 Å². The van der Waals surface area contributed by atoms with E-state index in [0.717, 1.165) is 6.54 Å². The Balaban J connectivity index is 2.36. The Labute approximate surface area is 108 Å². The van der Waals surface area contributed by atoms with Crippen LogP contribution in [0.4, 0.5) is 0 Å². The third kappa shape index (κ3) is 4.55. The molecule has 0 aromatic heterocycles. The van der Waals surface area contributed by atoms with Gasteiger partial charge in [0.25, 0.3) is 0 Å². The van der Waals surface area contributed by atoms with Crippen LogP contribution in [-0.2, 0) is 19.4 Å². The van der Waals surface area contributed by atoms with Crippen LogP contribution in [0.25, 0.3) is 0 Å². The van der Waals surface area contributed by atoms with Crippen LogP contribution in [0.3, 0.4) is 0 Å². The van der Waals surface area contributed by atoms with Crippen LogP contribution in [0.2, 0.25) is 0 Å². The van der Waals surface area contributed by atoms with Gasteiger partial charge in [0.1, 0.15) is 0 Å². The molecule has 1 heterocycles. The molecule has 0 aromatic rings. The molecule has 1 rings (SSSR count). The average molecular weight is 278 g/mol. The smallest absolute Gasteiger partial charge is 0.227 e. The molecule has 0 radical (unpaired) electrons. The summed E-state index contributed by atoms with van der Waals surface area (Å²) in [6, 6.07) is 0.0257. The highest BCUT2D eigenvalue weighted by molar-refractivity contribution is 7.91. The highest BCUT2D eigenvalue weighted by atomic mass is 32.2. The minimum absolute atomic E-state index is 0.00527. The predicted octanol–water partition coefficient (Wildman–Crippen LogP) is -0.838. The molecule has 2 atom stereocenters. The molecule has 1 amide bonds. The second-order valence-corrected chi connectivity index (χ2v) is 6.81. The van der Waals surface area contributed by atoms with E-state index in [1.807, 2.05) is 6.92 Å². The van der Waals surface area contributed by atoms with Gasteiger partial charge in [0, 0.05) is 18.3 Å². The number of carbonyl (C=O) groups excluding carboxylic acids is 1. The molecule has 1 aliphatic rings. The van der Waals surface area contributed by atoms with Crippen molar-refractivity contribution in [3.63, 3.8) is 0 Å². The summed E-state index contributed by atoms with van der Waals surface area (Å²) in [5.74, 6) is -0.261. The van der Waals surface area contributed by atoms with Crippen molar-refractivity contribution in [1.29, 1.82) is 0 Å². The quantitative estimate of drug-likeness (QED) is 0.634. The monoisotopic (exact) mass is 278 g/mol. The average Bonchev–Trinajstić information content (AvgIpc) is 2.77. The molecule has 2 N–H and O–H groups in total. The standard InChI is InChI=1S/C11H22N2O4S/c1-3-12-10-8-17-7-9(10)11(14)13-5-6-18(15,16)4-2/h9-10,12H,3-8H2,1-2H3,(H,13,14). The van der Waals surface area contributed by atoms with Crippen LogP contribution in [0, 0.1) is 5.92 Å². The maximum absolute atomic E-state index is 11.9. The fourth-order valence-electron chi connectivity index (χ4n) is 1.88. The lowest BCUT2D eigenvalue weighted by atomic mass is 10.0. The summed E-state index contributed by atoms with van der Waals surface area (Å²) in [5, 5.41) is 5.85. The summed E-state index contributed by atoms with van der Waals surface area (Å²) in [6.07, 6.45) is 0. The van der Waals surface area contributed by atoms with Crippen LogP contribution >= 0.6 is 0 Å². The summed E-state index contributed by atoms with van der Waals surface area (Å²) < 4.78 is 27.8. The van der Waals surface area contributed by atoms with Crippen molar-refractivity contribution in [3.8, 4) is 0 Å². The molecular formula is C11H22N2O4S. The largest absolute Gasteiger partial charge is 0.379 e. The lowest BCUT2D eigenvalue weighted by Gasteiger charge is -2.17. The van der Waals surface area contributed by atoms with Crippen LogP contribution in [-0.4, -0.2) is 58.2 Å². The van der Waals surface area contributed by atoms with E-state index in [9.17, 15) is 13.2 Å². The van der Waals surface area contributed by atoms with Gasteiger partial charge in [-0.1, -0.05) is 13.8 Å². The summed E-state index contributed by atoms with van der Waals surface area (Å²) in [7, 11) is -3.02. The van der Waals surface area contributed by atoms with E-state index in [4.69, 9.17) is 4.74 Å². The molecule has 1 saturated heterocycles. The lowest BCUT2D eigenvalue weighted by Crippen LogP contribution is -2.44. The van der Waals surface area contributed by atoms with Crippen LogP contribution in [0.5, 0.6) is 0 Å². The van der Waals surface area contributed by atoms with Crippen LogP contribution < -0.4 is 10.6 Å². The number of nitrogens with one attached hydrogen (secondary N) is 2. The number of hydrogen-bond donors (Lipinski definition) is 2. The van der Waals surface area contributed by atoms with E-state index in [0.29, 0.717) is 13.2 Å². The van der Waals surface area contributed by atoms with E-state index in [2.05, 4.69) is 10.6 Å². The van der Waals surface area contributed by atoms with Gasteiger partial charge in [-0.25, -0.2) is 8.42 Å². The zero-order chi connectivity index (χ0) is 13.6. The van der Waals surface area contributed by atoms with Gasteiger partial charge in [0.2, 0.25) is 5.91 Å². The molecule has 6 nitrogen and oxygen atoms in total. The maximum Gasteiger partial charge on any atom is 0.227 e. The van der Waals surface area contributed by atoms with Gasteiger partial charge >= 0.3 is 0 Å². The number of carbonyl (C=O) groups is 1. The van der Waals surface area contributed by atoms with E-state index in [-0.39, 0.29) is 35.9 Å². The first-order valence-corrected chi connectivity index (χ1v) is 8.11. The predicted molar refractivity (Wildman–Crippen MR) is 69.1 cm³/mol. The van der Waals surface area contributed by atoms with E-state index >= 15 is 0 Å². The van der Waals surface area contributed by atoms with Gasteiger partial charge in [-0.15, -0.1) is 0 Å². The molecule has 0 bridgehead atoms. The Morgan fingerprint density at radius 3 is 2.67 bits per heavy atom. The highest BCUT2D eigenvalue weighted by Crippen LogP contribution is 2.13. The zero-order valence-corrected chi connectivity index (χ0v) is 11.8. The fourth-order valence-corrected chi connectivity index (χ4v) is 2.58. The van der Waals surface area contributed by atoms with Crippen LogP contribution in [0.1, 0.15) is 13.8 Å². The van der Waals surface area contributed by atoms with Crippen molar-refractivity contribution in [2.75, 3.05) is 37.8 Å². The summed E-state index contributed by atoms with van der Waals surface area (Å²) in [4.78, 5) is 11.9. The number of amides is 1.